The van der Waals surface area contributed by atoms with Crippen LogP contribution in [-0.2, 0) is 9.53 Å². The predicted molar refractivity (Wildman–Crippen MR) is 68.5 cm³/mol. The first-order chi connectivity index (χ1) is 7.85. The van der Waals surface area contributed by atoms with Crippen LogP contribution in [0.15, 0.2) is 23.3 Å². The number of esters is 1. The Bertz CT molecular complexity index is 401. The van der Waals surface area contributed by atoms with Gasteiger partial charge < -0.3 is 4.74 Å². The lowest BCUT2D eigenvalue weighted by molar-refractivity contribution is -0.163. The Labute approximate surface area is 104 Å². The van der Waals surface area contributed by atoms with Crippen LogP contribution in [0.4, 0.5) is 0 Å². The summed E-state index contributed by atoms with van der Waals surface area (Å²) in [4.78, 5) is 12.0. The van der Waals surface area contributed by atoms with Crippen molar-refractivity contribution in [1.82, 2.24) is 0 Å². The van der Waals surface area contributed by atoms with E-state index in [0.717, 1.165) is 30.4 Å². The molecule has 0 N–H and O–H groups in total. The molecule has 0 amide bonds. The Morgan fingerprint density at radius 1 is 1.41 bits per heavy atom. The molecule has 0 aromatic carbocycles. The summed E-state index contributed by atoms with van der Waals surface area (Å²) in [6.07, 6.45) is 2.92. The summed E-state index contributed by atoms with van der Waals surface area (Å²) in [7, 11) is 0. The fraction of sp³-hybridized carbons (Fsp3) is 0.667. The standard InChI is InChI=1S/C15H22O2/c1-9(2)11-6-7-15(5)13(11)8-12(10(3)4)14(16)17-15/h11,13H,1,6-8H2,2-5H3/t11-,13+,15-/m0/s1. The maximum Gasteiger partial charge on any atom is 0.334 e. The Morgan fingerprint density at radius 2 is 2.06 bits per heavy atom. The lowest BCUT2D eigenvalue weighted by Gasteiger charge is -2.39. The molecule has 2 heteroatoms. The maximum atomic E-state index is 12.0. The first-order valence-corrected chi connectivity index (χ1v) is 6.40. The minimum Gasteiger partial charge on any atom is -0.456 e. The zero-order chi connectivity index (χ0) is 12.8. The van der Waals surface area contributed by atoms with Crippen molar-refractivity contribution < 1.29 is 9.53 Å². The molecule has 2 fully saturated rings. The first-order valence-electron chi connectivity index (χ1n) is 6.40. The van der Waals surface area contributed by atoms with Crippen LogP contribution in [0.2, 0.25) is 0 Å². The molecule has 0 aromatic heterocycles. The topological polar surface area (TPSA) is 26.3 Å². The lowest BCUT2D eigenvalue weighted by Crippen LogP contribution is -2.43. The Morgan fingerprint density at radius 3 is 2.59 bits per heavy atom. The molecule has 0 bridgehead atoms. The summed E-state index contributed by atoms with van der Waals surface area (Å²) in [5.41, 5.74) is 2.93. The second-order valence-electron chi connectivity index (χ2n) is 5.98. The van der Waals surface area contributed by atoms with Crippen molar-refractivity contribution in [2.45, 2.75) is 52.6 Å². The van der Waals surface area contributed by atoms with Crippen molar-refractivity contribution in [3.8, 4) is 0 Å². The van der Waals surface area contributed by atoms with Gasteiger partial charge in [-0.25, -0.2) is 4.79 Å². The number of ether oxygens (including phenoxy) is 1. The largest absolute Gasteiger partial charge is 0.456 e. The molecule has 2 nitrogen and oxygen atoms in total. The molecule has 1 aliphatic heterocycles. The number of hydrogen-bond donors (Lipinski definition) is 0. The third-order valence-electron chi connectivity index (χ3n) is 4.45. The molecule has 3 atom stereocenters. The van der Waals surface area contributed by atoms with Crippen LogP contribution in [0.1, 0.15) is 47.0 Å². The van der Waals surface area contributed by atoms with E-state index in [1.54, 1.807) is 0 Å². The molecular weight excluding hydrogens is 212 g/mol. The molecule has 0 aromatic rings. The summed E-state index contributed by atoms with van der Waals surface area (Å²) in [6.45, 7) is 12.2. The van der Waals surface area contributed by atoms with Gasteiger partial charge in [0.1, 0.15) is 5.60 Å². The molecule has 17 heavy (non-hydrogen) atoms. The van der Waals surface area contributed by atoms with E-state index >= 15 is 0 Å². The second kappa shape index (κ2) is 4.01. The third-order valence-corrected chi connectivity index (χ3v) is 4.45. The monoisotopic (exact) mass is 234 g/mol. The SMILES string of the molecule is C=C(C)[C@@H]1CC[C@]2(C)OC(=O)C(=C(C)C)C[C@H]12. The smallest absolute Gasteiger partial charge is 0.334 e. The van der Waals surface area contributed by atoms with Crippen molar-refractivity contribution in [3.63, 3.8) is 0 Å². The normalized spacial score (nSPS) is 36.5. The highest BCUT2D eigenvalue weighted by Crippen LogP contribution is 2.51. The lowest BCUT2D eigenvalue weighted by atomic mass is 9.77. The highest BCUT2D eigenvalue weighted by Gasteiger charge is 2.51. The van der Waals surface area contributed by atoms with Crippen molar-refractivity contribution in [3.05, 3.63) is 23.3 Å². The summed E-state index contributed by atoms with van der Waals surface area (Å²) in [6, 6.07) is 0. The maximum absolute atomic E-state index is 12.0. The Balaban J connectivity index is 2.34. The average molecular weight is 234 g/mol. The van der Waals surface area contributed by atoms with E-state index in [1.165, 1.54) is 5.57 Å². The van der Waals surface area contributed by atoms with Gasteiger partial charge in [0.25, 0.3) is 0 Å². The van der Waals surface area contributed by atoms with E-state index in [4.69, 9.17) is 4.74 Å². The van der Waals surface area contributed by atoms with Gasteiger partial charge in [-0.05, 0) is 52.9 Å². The summed E-state index contributed by atoms with van der Waals surface area (Å²) >= 11 is 0. The van der Waals surface area contributed by atoms with Gasteiger partial charge in [-0.3, -0.25) is 0 Å². The summed E-state index contributed by atoms with van der Waals surface area (Å²) < 4.78 is 5.71. The van der Waals surface area contributed by atoms with Crippen molar-refractivity contribution in [2.75, 3.05) is 0 Å². The quantitative estimate of drug-likeness (QED) is 0.393. The van der Waals surface area contributed by atoms with Crippen molar-refractivity contribution in [2.24, 2.45) is 11.8 Å². The molecule has 1 heterocycles. The van der Waals surface area contributed by atoms with Crippen LogP contribution in [-0.4, -0.2) is 11.6 Å². The van der Waals surface area contributed by atoms with E-state index in [-0.39, 0.29) is 11.6 Å². The van der Waals surface area contributed by atoms with Crippen molar-refractivity contribution >= 4 is 5.97 Å². The molecule has 94 valence electrons. The second-order valence-corrected chi connectivity index (χ2v) is 5.98. The van der Waals surface area contributed by atoms with Gasteiger partial charge in [-0.1, -0.05) is 17.7 Å². The molecule has 2 rings (SSSR count). The molecule has 1 aliphatic carbocycles. The minimum absolute atomic E-state index is 0.105. The number of allylic oxidation sites excluding steroid dienone is 2. The molecule has 0 radical (unpaired) electrons. The Hall–Kier alpha value is -1.05. The molecule has 0 unspecified atom stereocenters. The molecule has 2 aliphatic rings. The molecule has 0 spiro atoms. The van der Waals surface area contributed by atoms with Crippen LogP contribution >= 0.6 is 0 Å². The molecule has 1 saturated heterocycles. The van der Waals surface area contributed by atoms with E-state index in [1.807, 2.05) is 13.8 Å². The van der Waals surface area contributed by atoms with Gasteiger partial charge >= 0.3 is 5.97 Å². The van der Waals surface area contributed by atoms with Crippen LogP contribution in [0.3, 0.4) is 0 Å². The number of carbonyl (C=O) groups is 1. The average Bonchev–Trinajstić information content (AvgIpc) is 2.52. The number of carbonyl (C=O) groups excluding carboxylic acids is 1. The van der Waals surface area contributed by atoms with Crippen LogP contribution in [0.25, 0.3) is 0 Å². The number of rotatable bonds is 1. The third kappa shape index (κ3) is 1.94. The first kappa shape index (κ1) is 12.4. The van der Waals surface area contributed by atoms with Crippen LogP contribution in [0.5, 0.6) is 0 Å². The Kier molecular flexibility index (Phi) is 2.92. The highest BCUT2D eigenvalue weighted by molar-refractivity contribution is 5.90. The zero-order valence-electron chi connectivity index (χ0n) is 11.3. The van der Waals surface area contributed by atoms with Gasteiger partial charge in [0, 0.05) is 11.5 Å². The van der Waals surface area contributed by atoms with E-state index in [0.29, 0.717) is 11.8 Å². The van der Waals surface area contributed by atoms with Gasteiger partial charge in [0.2, 0.25) is 0 Å². The molecule has 1 saturated carbocycles. The van der Waals surface area contributed by atoms with E-state index in [9.17, 15) is 4.79 Å². The predicted octanol–water partition coefficient (Wildman–Crippen LogP) is 3.63. The molecular formula is C15H22O2. The van der Waals surface area contributed by atoms with Gasteiger partial charge in [-0.2, -0.15) is 0 Å². The van der Waals surface area contributed by atoms with E-state index < -0.39 is 0 Å². The highest BCUT2D eigenvalue weighted by atomic mass is 16.6. The van der Waals surface area contributed by atoms with Gasteiger partial charge in [0.05, 0.1) is 0 Å². The van der Waals surface area contributed by atoms with Crippen molar-refractivity contribution in [1.29, 1.82) is 0 Å². The number of fused-ring (bicyclic) bond motifs is 1. The van der Waals surface area contributed by atoms with E-state index in [2.05, 4.69) is 20.4 Å². The zero-order valence-corrected chi connectivity index (χ0v) is 11.3. The van der Waals surface area contributed by atoms with Gasteiger partial charge in [-0.15, -0.1) is 0 Å². The minimum atomic E-state index is -0.264. The van der Waals surface area contributed by atoms with Gasteiger partial charge in [0.15, 0.2) is 0 Å². The fourth-order valence-electron chi connectivity index (χ4n) is 3.31. The fourth-order valence-corrected chi connectivity index (χ4v) is 3.31. The summed E-state index contributed by atoms with van der Waals surface area (Å²) in [5, 5.41) is 0. The summed E-state index contributed by atoms with van der Waals surface area (Å²) in [5.74, 6) is 0.816. The number of hydrogen-bond acceptors (Lipinski definition) is 2. The van der Waals surface area contributed by atoms with Crippen LogP contribution < -0.4 is 0 Å². The van der Waals surface area contributed by atoms with Crippen LogP contribution in [0, 0.1) is 11.8 Å².